The molecule has 0 spiro atoms. The molecule has 0 aromatic carbocycles. The maximum atomic E-state index is 11.8. The summed E-state index contributed by atoms with van der Waals surface area (Å²) in [6, 6.07) is 3.47. The molecule has 2 atom stereocenters. The Kier molecular flexibility index (Phi) is 5.37. The number of nitrogens with zero attached hydrogens (tertiary/aromatic N) is 1. The molecule has 7 nitrogen and oxygen atoms in total. The summed E-state index contributed by atoms with van der Waals surface area (Å²) in [7, 11) is -3.28. The number of alkyl carbamates (subject to hydrolysis) is 1. The number of amides is 1. The largest absolute Gasteiger partial charge is 0.444 e. The van der Waals surface area contributed by atoms with E-state index in [1.54, 1.807) is 6.07 Å². The van der Waals surface area contributed by atoms with Crippen molar-refractivity contribution < 1.29 is 17.9 Å². The maximum absolute atomic E-state index is 11.8. The van der Waals surface area contributed by atoms with Crippen molar-refractivity contribution in [3.63, 3.8) is 0 Å². The molecule has 2 N–H and O–H groups in total. The van der Waals surface area contributed by atoms with E-state index in [-0.39, 0.29) is 17.1 Å². The van der Waals surface area contributed by atoms with Crippen LogP contribution >= 0.6 is 0 Å². The average molecular weight is 355 g/mol. The Morgan fingerprint density at radius 2 is 1.92 bits per heavy atom. The molecule has 24 heavy (non-hydrogen) atoms. The van der Waals surface area contributed by atoms with Crippen molar-refractivity contribution in [3.05, 3.63) is 18.3 Å². The quantitative estimate of drug-likeness (QED) is 0.860. The normalized spacial score (nSPS) is 21.3. The van der Waals surface area contributed by atoms with Gasteiger partial charge in [0.25, 0.3) is 0 Å². The van der Waals surface area contributed by atoms with E-state index in [1.165, 1.54) is 12.3 Å². The summed E-state index contributed by atoms with van der Waals surface area (Å²) in [6.07, 6.45) is 4.82. The first-order valence-electron chi connectivity index (χ1n) is 7.95. The first kappa shape index (κ1) is 18.5. The fourth-order valence-electron chi connectivity index (χ4n) is 2.64. The van der Waals surface area contributed by atoms with Crippen LogP contribution in [0.2, 0.25) is 0 Å². The van der Waals surface area contributed by atoms with Crippen LogP contribution in [0, 0.1) is 0 Å². The zero-order chi connectivity index (χ0) is 18.0. The first-order chi connectivity index (χ1) is 11.0. The highest BCUT2D eigenvalue weighted by molar-refractivity contribution is 7.90. The molecular formula is C16H25N3O4S. The number of ether oxygens (including phenoxy) is 1. The Balaban J connectivity index is 1.85. The SMILES string of the molecule is CC(C)(C)OC(=O)NC1CCC(Nc2ccc(S(C)(=O)=O)nc2)C1. The Bertz CT molecular complexity index is 680. The molecule has 134 valence electrons. The Labute approximate surface area is 143 Å². The lowest BCUT2D eigenvalue weighted by molar-refractivity contribution is 0.0505. The van der Waals surface area contributed by atoms with Crippen molar-refractivity contribution in [2.45, 2.75) is 62.7 Å². The predicted octanol–water partition coefficient (Wildman–Crippen LogP) is 2.34. The number of carbonyl (C=O) groups is 1. The number of pyridine rings is 1. The fourth-order valence-corrected chi connectivity index (χ4v) is 3.20. The summed E-state index contributed by atoms with van der Waals surface area (Å²) in [5.41, 5.74) is 0.262. The predicted molar refractivity (Wildman–Crippen MR) is 91.8 cm³/mol. The van der Waals surface area contributed by atoms with Crippen molar-refractivity contribution in [1.82, 2.24) is 10.3 Å². The van der Waals surface area contributed by atoms with E-state index in [0.29, 0.717) is 0 Å². The van der Waals surface area contributed by atoms with Crippen LogP contribution in [-0.2, 0) is 14.6 Å². The highest BCUT2D eigenvalue weighted by atomic mass is 32.2. The minimum atomic E-state index is -3.28. The third-order valence-electron chi connectivity index (χ3n) is 3.64. The number of aromatic nitrogens is 1. The first-order valence-corrected chi connectivity index (χ1v) is 9.84. The van der Waals surface area contributed by atoms with Crippen molar-refractivity contribution in [1.29, 1.82) is 0 Å². The molecule has 0 saturated heterocycles. The summed E-state index contributed by atoms with van der Waals surface area (Å²) in [5, 5.41) is 6.26. The van der Waals surface area contributed by atoms with Crippen molar-refractivity contribution in [2.24, 2.45) is 0 Å². The van der Waals surface area contributed by atoms with Crippen LogP contribution in [0.4, 0.5) is 10.5 Å². The van der Waals surface area contributed by atoms with E-state index in [0.717, 1.165) is 31.2 Å². The molecule has 0 radical (unpaired) electrons. The number of anilines is 1. The van der Waals surface area contributed by atoms with Crippen molar-refractivity contribution >= 4 is 21.6 Å². The second-order valence-electron chi connectivity index (χ2n) is 7.15. The smallest absolute Gasteiger partial charge is 0.407 e. The summed E-state index contributed by atoms with van der Waals surface area (Å²) >= 11 is 0. The van der Waals surface area contributed by atoms with E-state index in [1.807, 2.05) is 20.8 Å². The van der Waals surface area contributed by atoms with E-state index >= 15 is 0 Å². The lowest BCUT2D eigenvalue weighted by Crippen LogP contribution is -2.38. The number of hydrogen-bond acceptors (Lipinski definition) is 6. The molecule has 1 fully saturated rings. The second-order valence-corrected chi connectivity index (χ2v) is 9.12. The van der Waals surface area contributed by atoms with E-state index in [9.17, 15) is 13.2 Å². The van der Waals surface area contributed by atoms with Gasteiger partial charge in [0.1, 0.15) is 5.60 Å². The average Bonchev–Trinajstić information content (AvgIpc) is 2.83. The molecule has 1 amide bonds. The Hall–Kier alpha value is -1.83. The minimum absolute atomic E-state index is 0.0592. The molecule has 8 heteroatoms. The highest BCUT2D eigenvalue weighted by Crippen LogP contribution is 2.23. The van der Waals surface area contributed by atoms with Gasteiger partial charge in [-0.05, 0) is 52.2 Å². The molecule has 1 heterocycles. The maximum Gasteiger partial charge on any atom is 0.407 e. The summed E-state index contributed by atoms with van der Waals surface area (Å²) < 4.78 is 28.1. The number of nitrogens with one attached hydrogen (secondary N) is 2. The van der Waals surface area contributed by atoms with Gasteiger partial charge in [-0.15, -0.1) is 0 Å². The lowest BCUT2D eigenvalue weighted by Gasteiger charge is -2.22. The topological polar surface area (TPSA) is 97.4 Å². The molecule has 2 unspecified atom stereocenters. The summed E-state index contributed by atoms with van der Waals surface area (Å²) in [4.78, 5) is 15.8. The molecule has 0 aliphatic heterocycles. The summed E-state index contributed by atoms with van der Waals surface area (Å²) in [5.74, 6) is 0. The van der Waals surface area contributed by atoms with E-state index in [2.05, 4.69) is 15.6 Å². The van der Waals surface area contributed by atoms with Gasteiger partial charge in [-0.1, -0.05) is 0 Å². The van der Waals surface area contributed by atoms with Crippen LogP contribution in [0.25, 0.3) is 0 Å². The Morgan fingerprint density at radius 1 is 1.25 bits per heavy atom. The molecular weight excluding hydrogens is 330 g/mol. The van der Waals surface area contributed by atoms with Crippen LogP contribution in [0.1, 0.15) is 40.0 Å². The lowest BCUT2D eigenvalue weighted by atomic mass is 10.2. The summed E-state index contributed by atoms with van der Waals surface area (Å²) in [6.45, 7) is 5.50. The van der Waals surface area contributed by atoms with Gasteiger partial charge in [-0.25, -0.2) is 18.2 Å². The second kappa shape index (κ2) is 6.96. The van der Waals surface area contributed by atoms with Gasteiger partial charge in [0.2, 0.25) is 0 Å². The molecule has 2 rings (SSSR count). The van der Waals surface area contributed by atoms with Gasteiger partial charge in [0, 0.05) is 18.3 Å². The van der Waals surface area contributed by atoms with Gasteiger partial charge in [-0.3, -0.25) is 0 Å². The zero-order valence-electron chi connectivity index (χ0n) is 14.5. The molecule has 1 aliphatic rings. The molecule has 1 aromatic rings. The zero-order valence-corrected chi connectivity index (χ0v) is 15.3. The van der Waals surface area contributed by atoms with Crippen molar-refractivity contribution in [3.8, 4) is 0 Å². The third kappa shape index (κ3) is 5.67. The van der Waals surface area contributed by atoms with Crippen LogP contribution in [0.15, 0.2) is 23.4 Å². The monoisotopic (exact) mass is 355 g/mol. The molecule has 1 saturated carbocycles. The Morgan fingerprint density at radius 3 is 2.46 bits per heavy atom. The van der Waals surface area contributed by atoms with Crippen LogP contribution in [-0.4, -0.2) is 43.4 Å². The van der Waals surface area contributed by atoms with Gasteiger partial charge in [-0.2, -0.15) is 0 Å². The molecule has 1 aromatic heterocycles. The van der Waals surface area contributed by atoms with Gasteiger partial charge >= 0.3 is 6.09 Å². The standard InChI is InChI=1S/C16H25N3O4S/c1-16(2,3)23-15(20)19-12-6-5-11(9-12)18-13-7-8-14(17-10-13)24(4,21)22/h7-8,10-12,18H,5-6,9H2,1-4H3,(H,19,20). The third-order valence-corrected chi connectivity index (χ3v) is 4.64. The minimum Gasteiger partial charge on any atom is -0.444 e. The highest BCUT2D eigenvalue weighted by Gasteiger charge is 2.27. The van der Waals surface area contributed by atoms with Crippen LogP contribution in [0.5, 0.6) is 0 Å². The molecule has 0 bridgehead atoms. The van der Waals surface area contributed by atoms with E-state index < -0.39 is 21.5 Å². The van der Waals surface area contributed by atoms with Gasteiger partial charge < -0.3 is 15.4 Å². The number of sulfone groups is 1. The number of hydrogen-bond donors (Lipinski definition) is 2. The van der Waals surface area contributed by atoms with E-state index in [4.69, 9.17) is 4.74 Å². The van der Waals surface area contributed by atoms with Crippen molar-refractivity contribution in [2.75, 3.05) is 11.6 Å². The van der Waals surface area contributed by atoms with Gasteiger partial charge in [0.15, 0.2) is 14.9 Å². The number of rotatable bonds is 4. The number of carbonyl (C=O) groups excluding carboxylic acids is 1. The molecule has 1 aliphatic carbocycles. The fraction of sp³-hybridized carbons (Fsp3) is 0.625. The van der Waals surface area contributed by atoms with Gasteiger partial charge in [0.05, 0.1) is 11.9 Å². The van der Waals surface area contributed by atoms with Crippen LogP contribution in [0.3, 0.4) is 0 Å². The van der Waals surface area contributed by atoms with Crippen LogP contribution < -0.4 is 10.6 Å².